The van der Waals surface area contributed by atoms with Crippen molar-refractivity contribution in [3.63, 3.8) is 0 Å². The van der Waals surface area contributed by atoms with Gasteiger partial charge < -0.3 is 5.73 Å². The van der Waals surface area contributed by atoms with E-state index in [1.165, 1.54) is 12.3 Å². The second kappa shape index (κ2) is 5.97. The summed E-state index contributed by atoms with van der Waals surface area (Å²) in [6.07, 6.45) is 5.45. The lowest BCUT2D eigenvalue weighted by Gasteiger charge is -2.11. The Morgan fingerprint density at radius 2 is 2.29 bits per heavy atom. The molecule has 0 aliphatic rings. The van der Waals surface area contributed by atoms with Crippen LogP contribution >= 0.6 is 0 Å². The molecular formula is C11H19N3O2S. The first-order chi connectivity index (χ1) is 8.03. The number of rotatable bonds is 7. The predicted molar refractivity (Wildman–Crippen MR) is 68.1 cm³/mol. The van der Waals surface area contributed by atoms with E-state index < -0.39 is 16.1 Å². The first-order valence-electron chi connectivity index (χ1n) is 5.68. The van der Waals surface area contributed by atoms with Crippen LogP contribution in [0.4, 0.5) is 0 Å². The fraction of sp³-hybridized carbons (Fsp3) is 0.545. The van der Waals surface area contributed by atoms with Gasteiger partial charge in [-0.25, -0.2) is 8.42 Å². The van der Waals surface area contributed by atoms with E-state index in [9.17, 15) is 8.42 Å². The Bertz CT molecular complexity index is 465. The van der Waals surface area contributed by atoms with Gasteiger partial charge in [-0.3, -0.25) is 0 Å². The Morgan fingerprint density at radius 1 is 1.59 bits per heavy atom. The molecular weight excluding hydrogens is 238 g/mol. The monoisotopic (exact) mass is 257 g/mol. The van der Waals surface area contributed by atoms with Crippen LogP contribution in [-0.4, -0.2) is 23.4 Å². The highest BCUT2D eigenvalue weighted by molar-refractivity contribution is 7.89. The van der Waals surface area contributed by atoms with Gasteiger partial charge in [0.15, 0.2) is 0 Å². The predicted octanol–water partition coefficient (Wildman–Crippen LogP) is 1.44. The van der Waals surface area contributed by atoms with E-state index in [0.717, 1.165) is 16.9 Å². The van der Waals surface area contributed by atoms with Crippen molar-refractivity contribution >= 4 is 10.0 Å². The summed E-state index contributed by atoms with van der Waals surface area (Å²) in [5.74, 6) is 0.0966. The zero-order chi connectivity index (χ0) is 12.9. The van der Waals surface area contributed by atoms with Crippen molar-refractivity contribution < 1.29 is 8.42 Å². The van der Waals surface area contributed by atoms with E-state index in [0.29, 0.717) is 12.1 Å². The van der Waals surface area contributed by atoms with Crippen LogP contribution in [0.25, 0.3) is 0 Å². The van der Waals surface area contributed by atoms with Gasteiger partial charge in [-0.05, 0) is 12.5 Å². The van der Waals surface area contributed by atoms with E-state index in [-0.39, 0.29) is 5.75 Å². The average Bonchev–Trinajstić information content (AvgIpc) is 2.78. The maximum absolute atomic E-state index is 12.0. The second-order valence-electron chi connectivity index (χ2n) is 3.88. The third-order valence-electron chi connectivity index (χ3n) is 2.50. The summed E-state index contributed by atoms with van der Waals surface area (Å²) < 4.78 is 25.1. The van der Waals surface area contributed by atoms with Crippen LogP contribution in [0, 0.1) is 0 Å². The van der Waals surface area contributed by atoms with Crippen molar-refractivity contribution in [3.05, 3.63) is 30.6 Å². The molecule has 0 bridgehead atoms. The van der Waals surface area contributed by atoms with Gasteiger partial charge in [0.2, 0.25) is 0 Å². The lowest BCUT2D eigenvalue weighted by atomic mass is 10.2. The zero-order valence-electron chi connectivity index (χ0n) is 10.0. The smallest absolute Gasteiger partial charge is 0.254 e. The largest absolute Gasteiger partial charge is 0.319 e. The minimum atomic E-state index is -3.40. The molecule has 1 atom stereocenters. The van der Waals surface area contributed by atoms with E-state index in [4.69, 9.17) is 5.73 Å². The minimum absolute atomic E-state index is 0.0966. The van der Waals surface area contributed by atoms with Gasteiger partial charge in [0, 0.05) is 0 Å². The highest BCUT2D eigenvalue weighted by Crippen LogP contribution is 2.14. The molecule has 0 spiro atoms. The molecule has 2 N–H and O–H groups in total. The highest BCUT2D eigenvalue weighted by atomic mass is 32.2. The summed E-state index contributed by atoms with van der Waals surface area (Å²) in [6.45, 7) is 5.58. The van der Waals surface area contributed by atoms with Crippen LogP contribution in [0.1, 0.15) is 37.9 Å². The molecule has 0 fully saturated rings. The van der Waals surface area contributed by atoms with Crippen LogP contribution in [0.15, 0.2) is 24.9 Å². The molecule has 0 aliphatic carbocycles. The van der Waals surface area contributed by atoms with Crippen LogP contribution in [0.5, 0.6) is 0 Å². The minimum Gasteiger partial charge on any atom is -0.319 e. The molecule has 0 radical (unpaired) electrons. The van der Waals surface area contributed by atoms with Crippen LogP contribution in [-0.2, 0) is 10.0 Å². The fourth-order valence-corrected chi connectivity index (χ4v) is 2.96. The Hall–Kier alpha value is -1.14. The van der Waals surface area contributed by atoms with Crippen molar-refractivity contribution in [1.82, 2.24) is 9.19 Å². The summed E-state index contributed by atoms with van der Waals surface area (Å²) >= 11 is 0. The molecule has 0 saturated carbocycles. The Balaban J connectivity index is 2.91. The van der Waals surface area contributed by atoms with Crippen molar-refractivity contribution in [2.24, 2.45) is 5.73 Å². The summed E-state index contributed by atoms with van der Waals surface area (Å²) in [5.41, 5.74) is 6.20. The number of hydrogen-bond acceptors (Lipinski definition) is 4. The van der Waals surface area contributed by atoms with E-state index in [2.05, 4.69) is 11.7 Å². The van der Waals surface area contributed by atoms with Gasteiger partial charge >= 0.3 is 0 Å². The van der Waals surface area contributed by atoms with E-state index in [1.54, 1.807) is 6.07 Å². The van der Waals surface area contributed by atoms with Gasteiger partial charge in [-0.1, -0.05) is 25.8 Å². The van der Waals surface area contributed by atoms with Crippen molar-refractivity contribution in [2.75, 3.05) is 5.75 Å². The summed E-state index contributed by atoms with van der Waals surface area (Å²) in [5, 5.41) is 3.84. The van der Waals surface area contributed by atoms with Crippen LogP contribution in [0.3, 0.4) is 0 Å². The van der Waals surface area contributed by atoms with E-state index >= 15 is 0 Å². The zero-order valence-corrected chi connectivity index (χ0v) is 10.9. The standard InChI is InChI=1S/C11H19N3O2S/c1-3-5-6-9-17(15,16)14-11(7-8-13-14)10(12)4-2/h4,7-8,10H,2-3,5-6,9,12H2,1H3. The molecule has 1 aromatic rings. The molecule has 0 aliphatic heterocycles. The van der Waals surface area contributed by atoms with Crippen LogP contribution < -0.4 is 5.73 Å². The van der Waals surface area contributed by atoms with Gasteiger partial charge in [0.1, 0.15) is 0 Å². The quantitative estimate of drug-likeness (QED) is 0.592. The molecule has 1 unspecified atom stereocenters. The van der Waals surface area contributed by atoms with Crippen LogP contribution in [0.2, 0.25) is 0 Å². The molecule has 1 rings (SSSR count). The summed E-state index contributed by atoms with van der Waals surface area (Å²) in [6, 6.07) is 1.09. The van der Waals surface area contributed by atoms with Gasteiger partial charge in [0.05, 0.1) is 23.7 Å². The molecule has 1 aromatic heterocycles. The SMILES string of the molecule is C=CC(N)c1ccnn1S(=O)(=O)CCCCC. The molecule has 96 valence electrons. The Morgan fingerprint density at radius 3 is 2.88 bits per heavy atom. The molecule has 6 heteroatoms. The van der Waals surface area contributed by atoms with Crippen molar-refractivity contribution in [3.8, 4) is 0 Å². The third kappa shape index (κ3) is 3.41. The topological polar surface area (TPSA) is 78.0 Å². The third-order valence-corrected chi connectivity index (χ3v) is 4.14. The molecule has 5 nitrogen and oxygen atoms in total. The fourth-order valence-electron chi connectivity index (χ4n) is 1.51. The Labute approximate surface area is 102 Å². The highest BCUT2D eigenvalue weighted by Gasteiger charge is 2.19. The first-order valence-corrected chi connectivity index (χ1v) is 7.29. The molecule has 0 amide bonds. The summed E-state index contributed by atoms with van der Waals surface area (Å²) in [7, 11) is -3.40. The van der Waals surface area contributed by atoms with Crippen molar-refractivity contribution in [1.29, 1.82) is 0 Å². The maximum atomic E-state index is 12.0. The lowest BCUT2D eigenvalue weighted by Crippen LogP contribution is -2.23. The second-order valence-corrected chi connectivity index (χ2v) is 5.80. The summed E-state index contributed by atoms with van der Waals surface area (Å²) in [4.78, 5) is 0. The maximum Gasteiger partial charge on any atom is 0.254 e. The van der Waals surface area contributed by atoms with Gasteiger partial charge in [-0.2, -0.15) is 9.19 Å². The Kier molecular flexibility index (Phi) is 4.89. The van der Waals surface area contributed by atoms with Gasteiger partial charge in [0.25, 0.3) is 10.0 Å². The molecule has 0 saturated heterocycles. The first kappa shape index (κ1) is 13.9. The number of nitrogens with two attached hydrogens (primary N) is 1. The number of unbranched alkanes of at least 4 members (excludes halogenated alkanes) is 2. The number of hydrogen-bond donors (Lipinski definition) is 1. The van der Waals surface area contributed by atoms with Gasteiger partial charge in [-0.15, -0.1) is 6.58 Å². The lowest BCUT2D eigenvalue weighted by molar-refractivity contribution is 0.570. The number of aromatic nitrogens is 2. The van der Waals surface area contributed by atoms with E-state index in [1.807, 2.05) is 6.92 Å². The molecule has 0 aromatic carbocycles. The van der Waals surface area contributed by atoms with Crippen molar-refractivity contribution in [2.45, 2.75) is 32.2 Å². The molecule has 1 heterocycles. The average molecular weight is 257 g/mol. The number of nitrogens with zero attached hydrogens (tertiary/aromatic N) is 2. The molecule has 17 heavy (non-hydrogen) atoms. The normalized spacial score (nSPS) is 13.5.